The van der Waals surface area contributed by atoms with Crippen LogP contribution in [0.4, 0.5) is 0 Å². The lowest BCUT2D eigenvalue weighted by Crippen LogP contribution is -1.93. The highest BCUT2D eigenvalue weighted by Gasteiger charge is 1.99. The van der Waals surface area contributed by atoms with Crippen molar-refractivity contribution in [3.63, 3.8) is 0 Å². The molecule has 0 saturated carbocycles. The van der Waals surface area contributed by atoms with E-state index in [1.165, 1.54) is 29.8 Å². The number of phenolic OH excluding ortho intramolecular Hbond substituents is 1. The summed E-state index contributed by atoms with van der Waals surface area (Å²) in [6.45, 7) is 3.66. The summed E-state index contributed by atoms with van der Waals surface area (Å²) in [5, 5.41) is 17.1. The number of carboxylic acids is 1. The Kier molecular flexibility index (Phi) is 5.89. The van der Waals surface area contributed by atoms with Crippen molar-refractivity contribution >= 4 is 5.97 Å². The molecular formula is C16H16O3. The highest BCUT2D eigenvalue weighted by atomic mass is 16.4. The molecule has 0 radical (unpaired) electrons. The first-order valence-corrected chi connectivity index (χ1v) is 5.80. The average molecular weight is 256 g/mol. The van der Waals surface area contributed by atoms with Crippen molar-refractivity contribution in [3.05, 3.63) is 78.4 Å². The van der Waals surface area contributed by atoms with Gasteiger partial charge >= 0.3 is 5.97 Å². The Labute approximate surface area is 112 Å². The molecule has 0 heterocycles. The van der Waals surface area contributed by atoms with Crippen LogP contribution in [-0.2, 0) is 6.42 Å². The second-order valence-electron chi connectivity index (χ2n) is 3.83. The van der Waals surface area contributed by atoms with Gasteiger partial charge in [-0.2, -0.15) is 0 Å². The molecular weight excluding hydrogens is 240 g/mol. The minimum atomic E-state index is -0.986. The Balaban J connectivity index is 0.000000191. The number of allylic oxidation sites excluding steroid dienone is 1. The molecule has 0 aliphatic heterocycles. The molecule has 0 amide bonds. The van der Waals surface area contributed by atoms with E-state index in [2.05, 4.69) is 18.7 Å². The first-order chi connectivity index (χ1) is 9.13. The molecule has 2 N–H and O–H groups in total. The van der Waals surface area contributed by atoms with Crippen LogP contribution in [-0.4, -0.2) is 16.2 Å². The van der Waals surface area contributed by atoms with Crippen molar-refractivity contribution in [2.75, 3.05) is 0 Å². The summed E-state index contributed by atoms with van der Waals surface area (Å²) < 4.78 is 0. The first kappa shape index (κ1) is 14.5. The Bertz CT molecular complexity index is 515. The molecule has 2 rings (SSSR count). The lowest BCUT2D eigenvalue weighted by molar-refractivity contribution is 0.0697. The van der Waals surface area contributed by atoms with Crippen LogP contribution >= 0.6 is 0 Å². The van der Waals surface area contributed by atoms with E-state index in [1.54, 1.807) is 0 Å². The molecule has 2 aromatic rings. The number of carboxylic acid groups (broad SMARTS) is 1. The molecule has 0 atom stereocenters. The molecule has 0 spiro atoms. The predicted octanol–water partition coefficient (Wildman–Crippen LogP) is 3.51. The van der Waals surface area contributed by atoms with Gasteiger partial charge in [-0.25, -0.2) is 4.79 Å². The van der Waals surface area contributed by atoms with Crippen LogP contribution < -0.4 is 0 Å². The topological polar surface area (TPSA) is 57.5 Å². The third kappa shape index (κ3) is 5.55. The molecule has 0 saturated heterocycles. The van der Waals surface area contributed by atoms with Gasteiger partial charge in [0, 0.05) is 0 Å². The zero-order valence-corrected chi connectivity index (χ0v) is 10.5. The Morgan fingerprint density at radius 1 is 1.05 bits per heavy atom. The van der Waals surface area contributed by atoms with Crippen LogP contribution in [0.1, 0.15) is 15.9 Å². The fraction of sp³-hybridized carbons (Fsp3) is 0.0625. The number of phenols is 1. The van der Waals surface area contributed by atoms with E-state index in [-0.39, 0.29) is 11.3 Å². The number of rotatable bonds is 3. The van der Waals surface area contributed by atoms with E-state index in [1.807, 2.05) is 24.3 Å². The van der Waals surface area contributed by atoms with Gasteiger partial charge in [-0.3, -0.25) is 0 Å². The first-order valence-electron chi connectivity index (χ1n) is 5.80. The van der Waals surface area contributed by atoms with Crippen LogP contribution in [0, 0.1) is 0 Å². The summed E-state index contributed by atoms with van der Waals surface area (Å²) in [5.74, 6) is -0.912. The van der Waals surface area contributed by atoms with Crippen LogP contribution in [0.2, 0.25) is 0 Å². The van der Waals surface area contributed by atoms with Crippen molar-refractivity contribution in [1.82, 2.24) is 0 Å². The molecule has 98 valence electrons. The molecule has 3 heteroatoms. The fourth-order valence-electron chi connectivity index (χ4n) is 1.38. The third-order valence-electron chi connectivity index (χ3n) is 2.34. The molecule has 0 aliphatic rings. The highest BCUT2D eigenvalue weighted by Crippen LogP contribution is 2.08. The van der Waals surface area contributed by atoms with Gasteiger partial charge in [0.15, 0.2) is 0 Å². The monoisotopic (exact) mass is 256 g/mol. The van der Waals surface area contributed by atoms with Gasteiger partial charge in [-0.05, 0) is 36.2 Å². The van der Waals surface area contributed by atoms with Gasteiger partial charge in [0.25, 0.3) is 0 Å². The second-order valence-corrected chi connectivity index (χ2v) is 3.83. The molecule has 0 unspecified atom stereocenters. The number of hydrogen-bond donors (Lipinski definition) is 2. The number of aromatic hydroxyl groups is 1. The highest BCUT2D eigenvalue weighted by molar-refractivity contribution is 5.87. The molecule has 0 fully saturated rings. The number of hydrogen-bond acceptors (Lipinski definition) is 2. The van der Waals surface area contributed by atoms with Crippen molar-refractivity contribution in [2.24, 2.45) is 0 Å². The summed E-state index contributed by atoms with van der Waals surface area (Å²) in [5.41, 5.74) is 1.50. The Morgan fingerprint density at radius 2 is 1.63 bits per heavy atom. The summed E-state index contributed by atoms with van der Waals surface area (Å²) >= 11 is 0. The minimum absolute atomic E-state index is 0.0741. The van der Waals surface area contributed by atoms with Gasteiger partial charge in [0.1, 0.15) is 5.75 Å². The zero-order valence-electron chi connectivity index (χ0n) is 10.5. The van der Waals surface area contributed by atoms with Crippen LogP contribution in [0.15, 0.2) is 67.3 Å². The third-order valence-corrected chi connectivity index (χ3v) is 2.34. The SMILES string of the molecule is C=CCc1ccccc1.O=C(O)c1ccc(O)cc1. The quantitative estimate of drug-likeness (QED) is 0.826. The van der Waals surface area contributed by atoms with Crippen LogP contribution in [0.3, 0.4) is 0 Å². The van der Waals surface area contributed by atoms with E-state index >= 15 is 0 Å². The van der Waals surface area contributed by atoms with Crippen LogP contribution in [0.25, 0.3) is 0 Å². The lowest BCUT2D eigenvalue weighted by atomic mass is 10.2. The van der Waals surface area contributed by atoms with Gasteiger partial charge in [-0.15, -0.1) is 6.58 Å². The van der Waals surface area contributed by atoms with Crippen molar-refractivity contribution in [3.8, 4) is 5.75 Å². The number of carbonyl (C=O) groups is 1. The van der Waals surface area contributed by atoms with Gasteiger partial charge in [-0.1, -0.05) is 36.4 Å². The largest absolute Gasteiger partial charge is 0.508 e. The van der Waals surface area contributed by atoms with E-state index in [4.69, 9.17) is 10.2 Å². The van der Waals surface area contributed by atoms with Crippen LogP contribution in [0.5, 0.6) is 5.75 Å². The summed E-state index contributed by atoms with van der Waals surface area (Å²) in [6.07, 6.45) is 2.89. The Hall–Kier alpha value is -2.55. The Morgan fingerprint density at radius 3 is 2.11 bits per heavy atom. The van der Waals surface area contributed by atoms with Crippen molar-refractivity contribution in [2.45, 2.75) is 6.42 Å². The molecule has 0 aliphatic carbocycles. The van der Waals surface area contributed by atoms with E-state index in [0.717, 1.165) is 6.42 Å². The van der Waals surface area contributed by atoms with Gasteiger partial charge < -0.3 is 10.2 Å². The zero-order chi connectivity index (χ0) is 14.1. The molecule has 3 nitrogen and oxygen atoms in total. The molecule has 0 aromatic heterocycles. The normalized spacial score (nSPS) is 9.05. The molecule has 0 bridgehead atoms. The summed E-state index contributed by atoms with van der Waals surface area (Å²) in [4.78, 5) is 10.2. The maximum Gasteiger partial charge on any atom is 0.335 e. The molecule has 19 heavy (non-hydrogen) atoms. The number of aromatic carboxylic acids is 1. The maximum atomic E-state index is 10.2. The van der Waals surface area contributed by atoms with Crippen molar-refractivity contribution < 1.29 is 15.0 Å². The van der Waals surface area contributed by atoms with E-state index in [9.17, 15) is 4.79 Å². The second kappa shape index (κ2) is 7.71. The standard InChI is InChI=1S/C9H10.C7H6O3/c1-2-6-9-7-4-3-5-8-9;8-6-3-1-5(2-4-6)7(9)10/h2-5,7-8H,1,6H2;1-4,8H,(H,9,10). The summed E-state index contributed by atoms with van der Waals surface area (Å²) in [7, 11) is 0. The van der Waals surface area contributed by atoms with Gasteiger partial charge in [0.2, 0.25) is 0 Å². The fourth-order valence-corrected chi connectivity index (χ4v) is 1.38. The maximum absolute atomic E-state index is 10.2. The smallest absolute Gasteiger partial charge is 0.335 e. The van der Waals surface area contributed by atoms with E-state index < -0.39 is 5.97 Å². The average Bonchev–Trinajstić information content (AvgIpc) is 2.41. The van der Waals surface area contributed by atoms with Gasteiger partial charge in [0.05, 0.1) is 5.56 Å². The predicted molar refractivity (Wildman–Crippen MR) is 75.4 cm³/mol. The number of benzene rings is 2. The minimum Gasteiger partial charge on any atom is -0.508 e. The summed E-state index contributed by atoms with van der Waals surface area (Å²) in [6, 6.07) is 15.7. The lowest BCUT2D eigenvalue weighted by Gasteiger charge is -1.92. The molecule has 2 aromatic carbocycles. The van der Waals surface area contributed by atoms with Crippen molar-refractivity contribution in [1.29, 1.82) is 0 Å². The van der Waals surface area contributed by atoms with E-state index in [0.29, 0.717) is 0 Å².